The lowest BCUT2D eigenvalue weighted by Crippen LogP contribution is -2.38. The zero-order valence-electron chi connectivity index (χ0n) is 20.3. The van der Waals surface area contributed by atoms with E-state index in [-0.39, 0.29) is 5.78 Å². The Morgan fingerprint density at radius 2 is 1.05 bits per heavy atom. The molecule has 2 aliphatic rings. The molecule has 0 N–H and O–H groups in total. The molecular formula is C36H24O. The molecule has 2 aliphatic carbocycles. The Bertz CT molecular complexity index is 1710. The van der Waals surface area contributed by atoms with Crippen molar-refractivity contribution in [3.63, 3.8) is 0 Å². The van der Waals surface area contributed by atoms with Crippen LogP contribution in [0.15, 0.2) is 140 Å². The summed E-state index contributed by atoms with van der Waals surface area (Å²) in [5.74, 6) is 0.102. The van der Waals surface area contributed by atoms with Crippen LogP contribution >= 0.6 is 0 Å². The third-order valence-corrected chi connectivity index (χ3v) is 7.70. The highest BCUT2D eigenvalue weighted by molar-refractivity contribution is 6.24. The molecular weight excluding hydrogens is 448 g/mol. The number of benzene rings is 5. The molecule has 174 valence electrons. The van der Waals surface area contributed by atoms with Crippen molar-refractivity contribution in [3.8, 4) is 11.1 Å². The van der Waals surface area contributed by atoms with Gasteiger partial charge >= 0.3 is 0 Å². The zero-order chi connectivity index (χ0) is 24.8. The monoisotopic (exact) mass is 472 g/mol. The normalized spacial score (nSPS) is 17.7. The molecule has 5 aromatic rings. The van der Waals surface area contributed by atoms with E-state index >= 15 is 0 Å². The lowest BCUT2D eigenvalue weighted by atomic mass is 9.63. The Kier molecular flexibility index (Phi) is 4.90. The fraction of sp³-hybridized carbons (Fsp3) is 0.0278. The summed E-state index contributed by atoms with van der Waals surface area (Å²) in [6.45, 7) is 0. The summed E-state index contributed by atoms with van der Waals surface area (Å²) in [5.41, 5.74) is 10.1. The molecule has 0 fully saturated rings. The Labute approximate surface area is 217 Å². The van der Waals surface area contributed by atoms with E-state index in [1.54, 1.807) is 6.08 Å². The van der Waals surface area contributed by atoms with E-state index in [9.17, 15) is 4.79 Å². The smallest absolute Gasteiger partial charge is 0.175 e. The van der Waals surface area contributed by atoms with Gasteiger partial charge in [0.2, 0.25) is 0 Å². The van der Waals surface area contributed by atoms with Crippen LogP contribution in [0.25, 0.3) is 28.3 Å². The molecule has 0 saturated carbocycles. The van der Waals surface area contributed by atoms with Crippen molar-refractivity contribution in [2.24, 2.45) is 0 Å². The van der Waals surface area contributed by atoms with Gasteiger partial charge in [0.05, 0.1) is 0 Å². The standard InChI is InChI=1S/C36H24O/c37-33-23-21-29-24-28(25-12-4-1-5-13-25)20-22-31(29)36(33)32-19-11-10-18-30(32)34(26-14-6-2-7-15-26)35(36)27-16-8-3-9-17-27/h1-24H. The third-order valence-electron chi connectivity index (χ3n) is 7.70. The SMILES string of the molecule is O=C1C=Cc2cc(-c3ccccc3)ccc2C12C(c1ccccc1)=C(c1ccccc1)c1ccccc12. The molecule has 1 unspecified atom stereocenters. The van der Waals surface area contributed by atoms with Gasteiger partial charge in [-0.3, -0.25) is 4.79 Å². The van der Waals surface area contributed by atoms with Crippen LogP contribution in [-0.2, 0) is 10.2 Å². The molecule has 1 spiro atoms. The van der Waals surface area contributed by atoms with Gasteiger partial charge in [-0.2, -0.15) is 0 Å². The highest BCUT2D eigenvalue weighted by atomic mass is 16.1. The number of carbonyl (C=O) groups excluding carboxylic acids is 1. The summed E-state index contributed by atoms with van der Waals surface area (Å²) in [5, 5.41) is 0. The maximum absolute atomic E-state index is 14.3. The predicted molar refractivity (Wildman–Crippen MR) is 152 cm³/mol. The molecule has 5 aromatic carbocycles. The van der Waals surface area contributed by atoms with Crippen LogP contribution in [0.3, 0.4) is 0 Å². The lowest BCUT2D eigenvalue weighted by molar-refractivity contribution is -0.116. The van der Waals surface area contributed by atoms with Gasteiger partial charge < -0.3 is 0 Å². The van der Waals surface area contributed by atoms with Crippen molar-refractivity contribution in [2.45, 2.75) is 5.41 Å². The molecule has 37 heavy (non-hydrogen) atoms. The van der Waals surface area contributed by atoms with Crippen LogP contribution < -0.4 is 0 Å². The molecule has 1 atom stereocenters. The summed E-state index contributed by atoms with van der Waals surface area (Å²) in [6, 6.07) is 46.3. The van der Waals surface area contributed by atoms with Crippen molar-refractivity contribution in [2.75, 3.05) is 0 Å². The molecule has 0 heterocycles. The highest BCUT2D eigenvalue weighted by Crippen LogP contribution is 2.58. The van der Waals surface area contributed by atoms with Crippen LogP contribution in [-0.4, -0.2) is 5.78 Å². The second-order valence-corrected chi connectivity index (χ2v) is 9.64. The molecule has 0 aromatic heterocycles. The highest BCUT2D eigenvalue weighted by Gasteiger charge is 2.53. The van der Waals surface area contributed by atoms with Crippen molar-refractivity contribution in [1.82, 2.24) is 0 Å². The molecule has 0 amide bonds. The van der Waals surface area contributed by atoms with E-state index in [0.29, 0.717) is 0 Å². The van der Waals surface area contributed by atoms with Crippen molar-refractivity contribution < 1.29 is 4.79 Å². The number of fused-ring (bicyclic) bond motifs is 4. The van der Waals surface area contributed by atoms with E-state index < -0.39 is 5.41 Å². The van der Waals surface area contributed by atoms with Crippen LogP contribution in [0.4, 0.5) is 0 Å². The maximum atomic E-state index is 14.3. The molecule has 1 heteroatoms. The van der Waals surface area contributed by atoms with Gasteiger partial charge in [0.25, 0.3) is 0 Å². The maximum Gasteiger partial charge on any atom is 0.175 e. The van der Waals surface area contributed by atoms with E-state index in [4.69, 9.17) is 0 Å². The first-order valence-electron chi connectivity index (χ1n) is 12.7. The van der Waals surface area contributed by atoms with E-state index in [2.05, 4.69) is 115 Å². The van der Waals surface area contributed by atoms with Gasteiger partial charge in [-0.15, -0.1) is 0 Å². The minimum atomic E-state index is -0.914. The van der Waals surface area contributed by atoms with Crippen LogP contribution in [0.5, 0.6) is 0 Å². The first kappa shape index (κ1) is 21.5. The summed E-state index contributed by atoms with van der Waals surface area (Å²) in [6.07, 6.45) is 3.77. The first-order valence-corrected chi connectivity index (χ1v) is 12.7. The summed E-state index contributed by atoms with van der Waals surface area (Å²) >= 11 is 0. The second-order valence-electron chi connectivity index (χ2n) is 9.64. The van der Waals surface area contributed by atoms with Gasteiger partial charge in [-0.25, -0.2) is 0 Å². The minimum Gasteiger partial charge on any atom is -0.293 e. The number of carbonyl (C=O) groups is 1. The lowest BCUT2D eigenvalue weighted by Gasteiger charge is -2.36. The molecule has 0 radical (unpaired) electrons. The van der Waals surface area contributed by atoms with E-state index in [1.165, 1.54) is 5.56 Å². The van der Waals surface area contributed by atoms with Gasteiger partial charge in [0, 0.05) is 0 Å². The number of rotatable bonds is 3. The average Bonchev–Trinajstić information content (AvgIpc) is 3.28. The number of allylic oxidation sites excluding steroid dienone is 2. The van der Waals surface area contributed by atoms with Crippen LogP contribution in [0.1, 0.15) is 33.4 Å². The fourth-order valence-electron chi connectivity index (χ4n) is 6.17. The Morgan fingerprint density at radius 1 is 0.459 bits per heavy atom. The summed E-state index contributed by atoms with van der Waals surface area (Å²) in [7, 11) is 0. The molecule has 0 aliphatic heterocycles. The fourth-order valence-corrected chi connectivity index (χ4v) is 6.17. The van der Waals surface area contributed by atoms with Gasteiger partial charge in [-0.1, -0.05) is 133 Å². The quantitative estimate of drug-likeness (QED) is 0.259. The molecule has 7 rings (SSSR count). The van der Waals surface area contributed by atoms with E-state index in [1.807, 2.05) is 24.3 Å². The Balaban J connectivity index is 1.59. The minimum absolute atomic E-state index is 0.102. The molecule has 0 saturated heterocycles. The number of hydrogen-bond acceptors (Lipinski definition) is 1. The van der Waals surface area contributed by atoms with Crippen LogP contribution in [0.2, 0.25) is 0 Å². The predicted octanol–water partition coefficient (Wildman–Crippen LogP) is 8.21. The molecule has 0 bridgehead atoms. The second kappa shape index (κ2) is 8.43. The van der Waals surface area contributed by atoms with Crippen LogP contribution in [0, 0.1) is 0 Å². The summed E-state index contributed by atoms with van der Waals surface area (Å²) in [4.78, 5) is 14.3. The topological polar surface area (TPSA) is 17.1 Å². The Hall–Kier alpha value is -4.75. The van der Waals surface area contributed by atoms with Gasteiger partial charge in [-0.05, 0) is 67.8 Å². The van der Waals surface area contributed by atoms with Crippen molar-refractivity contribution in [3.05, 3.63) is 173 Å². The van der Waals surface area contributed by atoms with Crippen molar-refractivity contribution in [1.29, 1.82) is 0 Å². The largest absolute Gasteiger partial charge is 0.293 e. The van der Waals surface area contributed by atoms with Gasteiger partial charge in [0.1, 0.15) is 5.41 Å². The summed E-state index contributed by atoms with van der Waals surface area (Å²) < 4.78 is 0. The number of hydrogen-bond donors (Lipinski definition) is 0. The molecule has 1 nitrogen and oxygen atoms in total. The van der Waals surface area contributed by atoms with E-state index in [0.717, 1.165) is 50.1 Å². The van der Waals surface area contributed by atoms with Crippen molar-refractivity contribution >= 4 is 23.0 Å². The van der Waals surface area contributed by atoms with Gasteiger partial charge in [0.15, 0.2) is 5.78 Å². The average molecular weight is 473 g/mol. The first-order chi connectivity index (χ1) is 18.3. The Morgan fingerprint density at radius 3 is 1.76 bits per heavy atom. The third kappa shape index (κ3) is 3.14. The number of ketones is 1. The zero-order valence-corrected chi connectivity index (χ0v) is 20.3.